The van der Waals surface area contributed by atoms with Gasteiger partial charge in [-0.15, -0.1) is 0 Å². The number of rotatable bonds is 3. The molecule has 96 valence electrons. The van der Waals surface area contributed by atoms with Crippen LogP contribution in [0.5, 0.6) is 0 Å². The summed E-state index contributed by atoms with van der Waals surface area (Å²) in [6, 6.07) is 0.652. The van der Waals surface area contributed by atoms with Crippen LogP contribution in [0.1, 0.15) is 6.92 Å². The van der Waals surface area contributed by atoms with Gasteiger partial charge in [0.05, 0.1) is 26.4 Å². The van der Waals surface area contributed by atoms with Crippen molar-refractivity contribution in [3.63, 3.8) is 0 Å². The summed E-state index contributed by atoms with van der Waals surface area (Å²) in [5.74, 6) is -0.682. The number of hydrogen-bond donors (Lipinski definition) is 0. The van der Waals surface area contributed by atoms with Crippen LogP contribution in [0.15, 0.2) is 0 Å². The minimum Gasteiger partial charge on any atom is -0.468 e. The van der Waals surface area contributed by atoms with Crippen molar-refractivity contribution in [2.75, 3.05) is 26.9 Å². The Hall–Kier alpha value is -1.17. The van der Waals surface area contributed by atoms with Crippen molar-refractivity contribution in [1.82, 2.24) is 4.31 Å². The number of nitriles is 1. The monoisotopic (exact) mass is 262 g/mol. The van der Waals surface area contributed by atoms with E-state index in [1.165, 1.54) is 14.0 Å². The molecule has 0 N–H and O–H groups in total. The second-order valence-electron chi connectivity index (χ2n) is 3.54. The number of nitrogens with zero attached hydrogens (tertiary/aromatic N) is 2. The molecule has 1 rings (SSSR count). The molecule has 0 bridgehead atoms. The fraction of sp³-hybridized carbons (Fsp3) is 0.778. The van der Waals surface area contributed by atoms with Gasteiger partial charge >= 0.3 is 5.97 Å². The van der Waals surface area contributed by atoms with Gasteiger partial charge in [-0.05, 0) is 6.92 Å². The Balaban J connectivity index is 3.01. The number of ether oxygens (including phenoxy) is 2. The third kappa shape index (κ3) is 2.74. The molecule has 0 amide bonds. The van der Waals surface area contributed by atoms with E-state index in [2.05, 4.69) is 4.74 Å². The Labute approximate surface area is 100.0 Å². The van der Waals surface area contributed by atoms with Crippen molar-refractivity contribution < 1.29 is 22.7 Å². The van der Waals surface area contributed by atoms with Gasteiger partial charge < -0.3 is 9.47 Å². The third-order valence-electron chi connectivity index (χ3n) is 2.51. The molecule has 2 unspecified atom stereocenters. The molecule has 0 aromatic rings. The lowest BCUT2D eigenvalue weighted by Crippen LogP contribution is -2.54. The topological polar surface area (TPSA) is 96.7 Å². The maximum Gasteiger partial charge on any atom is 0.326 e. The second-order valence-corrected chi connectivity index (χ2v) is 5.75. The van der Waals surface area contributed by atoms with Crippen molar-refractivity contribution in [3.05, 3.63) is 0 Å². The summed E-state index contributed by atoms with van der Waals surface area (Å²) in [6.07, 6.45) is 0. The average molecular weight is 262 g/mol. The molecule has 0 radical (unpaired) electrons. The molecule has 1 saturated heterocycles. The minimum absolute atomic E-state index is 0.0497. The van der Waals surface area contributed by atoms with Gasteiger partial charge in [0.1, 0.15) is 6.04 Å². The predicted octanol–water partition coefficient (Wildman–Crippen LogP) is -0.898. The first kappa shape index (κ1) is 13.9. The van der Waals surface area contributed by atoms with Gasteiger partial charge in [0.2, 0.25) is 10.0 Å². The van der Waals surface area contributed by atoms with Crippen LogP contribution in [0.25, 0.3) is 0 Å². The number of hydrogen-bond acceptors (Lipinski definition) is 6. The van der Waals surface area contributed by atoms with Gasteiger partial charge in [-0.25, -0.2) is 8.42 Å². The zero-order chi connectivity index (χ0) is 13.1. The van der Waals surface area contributed by atoms with Gasteiger partial charge in [-0.1, -0.05) is 0 Å². The quantitative estimate of drug-likeness (QED) is 0.612. The highest BCUT2D eigenvalue weighted by atomic mass is 32.2. The molecule has 0 aliphatic carbocycles. The van der Waals surface area contributed by atoms with Crippen LogP contribution in [-0.4, -0.2) is 56.9 Å². The van der Waals surface area contributed by atoms with Crippen LogP contribution in [0.4, 0.5) is 0 Å². The van der Waals surface area contributed by atoms with Crippen molar-refractivity contribution in [2.45, 2.75) is 18.2 Å². The second kappa shape index (κ2) is 5.44. The van der Waals surface area contributed by atoms with E-state index in [1.54, 1.807) is 6.07 Å². The summed E-state index contributed by atoms with van der Waals surface area (Å²) in [4.78, 5) is 11.4. The molecule has 2 atom stereocenters. The van der Waals surface area contributed by atoms with E-state index < -0.39 is 27.3 Å². The number of morpholine rings is 1. The van der Waals surface area contributed by atoms with Crippen molar-refractivity contribution in [2.24, 2.45) is 0 Å². The lowest BCUT2D eigenvalue weighted by Gasteiger charge is -2.33. The Bertz CT molecular complexity index is 427. The summed E-state index contributed by atoms with van der Waals surface area (Å²) in [5, 5.41) is 7.48. The molecule has 7 nitrogen and oxygen atoms in total. The van der Waals surface area contributed by atoms with Crippen LogP contribution < -0.4 is 0 Å². The van der Waals surface area contributed by atoms with E-state index in [0.717, 1.165) is 4.31 Å². The van der Waals surface area contributed by atoms with Crippen molar-refractivity contribution >= 4 is 16.0 Å². The summed E-state index contributed by atoms with van der Waals surface area (Å²) in [6.45, 7) is 1.47. The van der Waals surface area contributed by atoms with Gasteiger partial charge in [0, 0.05) is 6.54 Å². The average Bonchev–Trinajstić information content (AvgIpc) is 2.36. The molecule has 0 aromatic carbocycles. The van der Waals surface area contributed by atoms with Crippen LogP contribution in [0, 0.1) is 11.3 Å². The molecular weight excluding hydrogens is 248 g/mol. The first-order valence-electron chi connectivity index (χ1n) is 5.01. The third-order valence-corrected chi connectivity index (χ3v) is 4.60. The maximum absolute atomic E-state index is 12.0. The minimum atomic E-state index is -3.82. The number of esters is 1. The molecular formula is C9H14N2O5S. The Kier molecular flexibility index (Phi) is 4.45. The first-order chi connectivity index (χ1) is 7.95. The fourth-order valence-corrected chi connectivity index (χ4v) is 2.85. The molecule has 1 fully saturated rings. The first-order valence-corrected chi connectivity index (χ1v) is 6.51. The molecule has 0 spiro atoms. The van der Waals surface area contributed by atoms with Crippen molar-refractivity contribution in [3.8, 4) is 6.07 Å². The lowest BCUT2D eigenvalue weighted by atomic mass is 10.3. The summed E-state index contributed by atoms with van der Waals surface area (Å²) >= 11 is 0. The smallest absolute Gasteiger partial charge is 0.326 e. The summed E-state index contributed by atoms with van der Waals surface area (Å²) in [7, 11) is -2.65. The highest BCUT2D eigenvalue weighted by Gasteiger charge is 2.40. The van der Waals surface area contributed by atoms with E-state index in [-0.39, 0.29) is 19.8 Å². The molecule has 0 aromatic heterocycles. The maximum atomic E-state index is 12.0. The zero-order valence-electron chi connectivity index (χ0n) is 9.62. The number of sulfonamides is 1. The van der Waals surface area contributed by atoms with Crippen LogP contribution in [0.3, 0.4) is 0 Å². The summed E-state index contributed by atoms with van der Waals surface area (Å²) in [5.41, 5.74) is 0. The van der Waals surface area contributed by atoms with Gasteiger partial charge in [0.15, 0.2) is 5.25 Å². The Morgan fingerprint density at radius 3 is 2.82 bits per heavy atom. The lowest BCUT2D eigenvalue weighted by molar-refractivity contribution is -0.149. The van der Waals surface area contributed by atoms with E-state index in [9.17, 15) is 13.2 Å². The molecule has 1 heterocycles. The van der Waals surface area contributed by atoms with E-state index in [4.69, 9.17) is 10.00 Å². The number of carbonyl (C=O) groups excluding carboxylic acids is 1. The standard InChI is InChI=1S/C9H14N2O5S/c1-7(5-10)17(13,14)11-3-4-16-6-8(11)9(12)15-2/h7-8H,3-4,6H2,1-2H3. The largest absolute Gasteiger partial charge is 0.468 e. The fourth-order valence-electron chi connectivity index (χ4n) is 1.48. The SMILES string of the molecule is COC(=O)C1COCCN1S(=O)(=O)C(C)C#N. The van der Waals surface area contributed by atoms with E-state index in [0.29, 0.717) is 0 Å². The zero-order valence-corrected chi connectivity index (χ0v) is 10.4. The normalized spacial score (nSPS) is 23.7. The molecule has 1 aliphatic rings. The van der Waals surface area contributed by atoms with E-state index >= 15 is 0 Å². The van der Waals surface area contributed by atoms with Crippen LogP contribution >= 0.6 is 0 Å². The van der Waals surface area contributed by atoms with Crippen LogP contribution in [0.2, 0.25) is 0 Å². The highest BCUT2D eigenvalue weighted by molar-refractivity contribution is 7.90. The van der Waals surface area contributed by atoms with Crippen LogP contribution in [-0.2, 0) is 24.3 Å². The Morgan fingerprint density at radius 1 is 1.65 bits per heavy atom. The van der Waals surface area contributed by atoms with Gasteiger partial charge in [-0.3, -0.25) is 4.79 Å². The number of carbonyl (C=O) groups is 1. The highest BCUT2D eigenvalue weighted by Crippen LogP contribution is 2.17. The molecule has 1 aliphatic heterocycles. The predicted molar refractivity (Wildman–Crippen MR) is 57.3 cm³/mol. The molecule has 0 saturated carbocycles. The molecule has 8 heteroatoms. The summed E-state index contributed by atoms with van der Waals surface area (Å²) < 4.78 is 34.5. The van der Waals surface area contributed by atoms with Crippen molar-refractivity contribution in [1.29, 1.82) is 5.26 Å². The Morgan fingerprint density at radius 2 is 2.29 bits per heavy atom. The molecule has 17 heavy (non-hydrogen) atoms. The number of methoxy groups -OCH3 is 1. The van der Waals surface area contributed by atoms with E-state index in [1.807, 2.05) is 0 Å². The van der Waals surface area contributed by atoms with Gasteiger partial charge in [0.25, 0.3) is 0 Å². The van der Waals surface area contributed by atoms with Gasteiger partial charge in [-0.2, -0.15) is 9.57 Å².